The molecule has 0 saturated heterocycles. The summed E-state index contributed by atoms with van der Waals surface area (Å²) in [7, 11) is 0. The highest BCUT2D eigenvalue weighted by Gasteiger charge is 2.08. The number of pyridine rings is 1. The first kappa shape index (κ1) is 16.2. The molecule has 0 aliphatic carbocycles. The van der Waals surface area contributed by atoms with Crippen LogP contribution in [-0.2, 0) is 4.74 Å². The van der Waals surface area contributed by atoms with E-state index in [0.717, 1.165) is 0 Å². The van der Waals surface area contributed by atoms with Crippen molar-refractivity contribution < 1.29 is 14.6 Å². The maximum atomic E-state index is 11.9. The molecule has 2 N–H and O–H groups in total. The monoisotopic (exact) mass is 276 g/mol. The van der Waals surface area contributed by atoms with Crippen LogP contribution in [0.15, 0.2) is 18.5 Å². The first-order valence-electron chi connectivity index (χ1n) is 6.62. The highest BCUT2D eigenvalue weighted by molar-refractivity contribution is 5.94. The van der Waals surface area contributed by atoms with Crippen molar-refractivity contribution in [3.63, 3.8) is 0 Å². The van der Waals surface area contributed by atoms with Gasteiger partial charge < -0.3 is 15.2 Å². The Bertz CT molecular complexity index is 491. The lowest BCUT2D eigenvalue weighted by atomic mass is 10.2. The number of aliphatic hydroxyl groups excluding tert-OH is 1. The van der Waals surface area contributed by atoms with Gasteiger partial charge in [-0.2, -0.15) is 0 Å². The van der Waals surface area contributed by atoms with E-state index in [0.29, 0.717) is 30.7 Å². The molecule has 1 rings (SSSR count). The summed E-state index contributed by atoms with van der Waals surface area (Å²) in [6.07, 6.45) is 3.47. The van der Waals surface area contributed by atoms with Gasteiger partial charge in [0.15, 0.2) is 0 Å². The minimum Gasteiger partial charge on any atom is -0.395 e. The predicted molar refractivity (Wildman–Crippen MR) is 76.2 cm³/mol. The minimum absolute atomic E-state index is 0.0237. The van der Waals surface area contributed by atoms with Crippen LogP contribution in [0.1, 0.15) is 36.2 Å². The number of amides is 1. The van der Waals surface area contributed by atoms with Crippen molar-refractivity contribution in [1.29, 1.82) is 0 Å². The van der Waals surface area contributed by atoms with E-state index in [1.807, 2.05) is 13.8 Å². The zero-order valence-corrected chi connectivity index (χ0v) is 11.8. The van der Waals surface area contributed by atoms with Crippen LogP contribution in [0.2, 0.25) is 0 Å². The van der Waals surface area contributed by atoms with E-state index in [4.69, 9.17) is 9.84 Å². The molecule has 0 aromatic carbocycles. The van der Waals surface area contributed by atoms with Gasteiger partial charge in [0.05, 0.1) is 18.3 Å². The van der Waals surface area contributed by atoms with Crippen molar-refractivity contribution in [2.75, 3.05) is 19.8 Å². The molecule has 1 amide bonds. The van der Waals surface area contributed by atoms with E-state index in [1.165, 1.54) is 6.20 Å². The Balaban J connectivity index is 2.60. The van der Waals surface area contributed by atoms with Crippen LogP contribution in [0.3, 0.4) is 0 Å². The smallest absolute Gasteiger partial charge is 0.252 e. The van der Waals surface area contributed by atoms with Crippen LogP contribution in [0.25, 0.3) is 0 Å². The number of hydrogen-bond donors (Lipinski definition) is 2. The van der Waals surface area contributed by atoms with Crippen molar-refractivity contribution in [1.82, 2.24) is 10.3 Å². The first-order valence-corrected chi connectivity index (χ1v) is 6.62. The van der Waals surface area contributed by atoms with E-state index < -0.39 is 0 Å². The zero-order valence-electron chi connectivity index (χ0n) is 11.8. The maximum Gasteiger partial charge on any atom is 0.252 e. The van der Waals surface area contributed by atoms with Crippen LogP contribution in [-0.4, -0.2) is 41.9 Å². The molecule has 5 heteroatoms. The Kier molecular flexibility index (Phi) is 7.33. The number of aromatic nitrogens is 1. The van der Waals surface area contributed by atoms with Gasteiger partial charge in [0.1, 0.15) is 0 Å². The molecule has 0 fully saturated rings. The van der Waals surface area contributed by atoms with Crippen LogP contribution in [0.4, 0.5) is 0 Å². The van der Waals surface area contributed by atoms with Gasteiger partial charge in [0.25, 0.3) is 5.91 Å². The van der Waals surface area contributed by atoms with Gasteiger partial charge in [-0.25, -0.2) is 0 Å². The number of carbonyl (C=O) groups excluding carboxylic acids is 1. The van der Waals surface area contributed by atoms with Gasteiger partial charge in [-0.05, 0) is 19.9 Å². The van der Waals surface area contributed by atoms with Crippen LogP contribution < -0.4 is 5.32 Å². The average Bonchev–Trinajstić information content (AvgIpc) is 2.46. The molecule has 1 atom stereocenters. The van der Waals surface area contributed by atoms with Crippen molar-refractivity contribution in [3.05, 3.63) is 29.6 Å². The predicted octanol–water partition coefficient (Wildman–Crippen LogP) is 0.970. The fourth-order valence-electron chi connectivity index (χ4n) is 1.53. The molecule has 0 radical (unpaired) electrons. The lowest BCUT2D eigenvalue weighted by Crippen LogP contribution is -2.32. The molecule has 1 unspecified atom stereocenters. The van der Waals surface area contributed by atoms with Gasteiger partial charge >= 0.3 is 0 Å². The number of hydrogen-bond acceptors (Lipinski definition) is 4. The van der Waals surface area contributed by atoms with Gasteiger partial charge in [0, 0.05) is 37.5 Å². The summed E-state index contributed by atoms with van der Waals surface area (Å²) in [4.78, 5) is 15.9. The highest BCUT2D eigenvalue weighted by atomic mass is 16.5. The second kappa shape index (κ2) is 9.08. The molecule has 0 saturated carbocycles. The topological polar surface area (TPSA) is 71.5 Å². The Labute approximate surface area is 119 Å². The SMILES string of the molecule is CCOC(C)CNC(=O)c1cncc(C#CCCO)c1. The van der Waals surface area contributed by atoms with E-state index >= 15 is 0 Å². The van der Waals surface area contributed by atoms with Gasteiger partial charge in [-0.1, -0.05) is 11.8 Å². The molecular formula is C15H20N2O3. The van der Waals surface area contributed by atoms with Crippen LogP contribution in [0.5, 0.6) is 0 Å². The summed E-state index contributed by atoms with van der Waals surface area (Å²) in [5.41, 5.74) is 1.12. The third-order valence-corrected chi connectivity index (χ3v) is 2.47. The number of ether oxygens (including phenoxy) is 1. The lowest BCUT2D eigenvalue weighted by Gasteiger charge is -2.12. The highest BCUT2D eigenvalue weighted by Crippen LogP contribution is 2.02. The molecule has 20 heavy (non-hydrogen) atoms. The van der Waals surface area contributed by atoms with E-state index in [9.17, 15) is 4.79 Å². The summed E-state index contributed by atoms with van der Waals surface area (Å²) in [6, 6.07) is 1.68. The second-order valence-electron chi connectivity index (χ2n) is 4.21. The Morgan fingerprint density at radius 1 is 1.55 bits per heavy atom. The number of aliphatic hydroxyl groups is 1. The number of rotatable bonds is 6. The van der Waals surface area contributed by atoms with Gasteiger partial charge in [0.2, 0.25) is 0 Å². The summed E-state index contributed by atoms with van der Waals surface area (Å²) in [5.74, 6) is 5.44. The minimum atomic E-state index is -0.199. The fourth-order valence-corrected chi connectivity index (χ4v) is 1.53. The van der Waals surface area contributed by atoms with Crippen molar-refractivity contribution in [3.8, 4) is 11.8 Å². The van der Waals surface area contributed by atoms with Crippen molar-refractivity contribution in [2.24, 2.45) is 0 Å². The lowest BCUT2D eigenvalue weighted by molar-refractivity contribution is 0.0695. The number of carbonyl (C=O) groups is 1. The molecule has 1 heterocycles. The van der Waals surface area contributed by atoms with Crippen molar-refractivity contribution >= 4 is 5.91 Å². The summed E-state index contributed by atoms with van der Waals surface area (Å²) >= 11 is 0. The quantitative estimate of drug-likeness (QED) is 0.760. The van der Waals surface area contributed by atoms with Crippen molar-refractivity contribution in [2.45, 2.75) is 26.4 Å². The second-order valence-corrected chi connectivity index (χ2v) is 4.21. The van der Waals surface area contributed by atoms with Crippen LogP contribution >= 0.6 is 0 Å². The normalized spacial score (nSPS) is 11.3. The fraction of sp³-hybridized carbons (Fsp3) is 0.467. The van der Waals surface area contributed by atoms with Gasteiger partial charge in [-0.15, -0.1) is 0 Å². The zero-order chi connectivity index (χ0) is 14.8. The molecular weight excluding hydrogens is 256 g/mol. The molecule has 0 aliphatic rings. The molecule has 1 aromatic rings. The van der Waals surface area contributed by atoms with E-state index in [2.05, 4.69) is 22.1 Å². The molecule has 108 valence electrons. The molecule has 0 spiro atoms. The average molecular weight is 276 g/mol. The van der Waals surface area contributed by atoms with Crippen LogP contribution in [0, 0.1) is 11.8 Å². The Hall–Kier alpha value is -1.90. The summed E-state index contributed by atoms with van der Waals surface area (Å²) in [5, 5.41) is 11.4. The summed E-state index contributed by atoms with van der Waals surface area (Å²) in [6.45, 7) is 4.91. The molecule has 0 bridgehead atoms. The van der Waals surface area contributed by atoms with E-state index in [1.54, 1.807) is 12.3 Å². The number of nitrogens with zero attached hydrogens (tertiary/aromatic N) is 1. The Morgan fingerprint density at radius 2 is 2.35 bits per heavy atom. The standard InChI is InChI=1S/C15H20N2O3/c1-3-20-12(2)9-17-15(19)14-8-13(10-16-11-14)6-4-5-7-18/h8,10-12,18H,3,5,7,9H2,1-2H3,(H,17,19). The largest absolute Gasteiger partial charge is 0.395 e. The Morgan fingerprint density at radius 3 is 3.05 bits per heavy atom. The number of nitrogens with one attached hydrogen (secondary N) is 1. The first-order chi connectivity index (χ1) is 9.67. The maximum absolute atomic E-state index is 11.9. The van der Waals surface area contributed by atoms with Gasteiger partial charge in [-0.3, -0.25) is 9.78 Å². The summed E-state index contributed by atoms with van der Waals surface area (Å²) < 4.78 is 5.34. The molecule has 1 aromatic heterocycles. The van der Waals surface area contributed by atoms with E-state index in [-0.39, 0.29) is 18.6 Å². The molecule has 5 nitrogen and oxygen atoms in total. The third kappa shape index (κ3) is 5.83. The molecule has 0 aliphatic heterocycles. The third-order valence-electron chi connectivity index (χ3n) is 2.47.